The van der Waals surface area contributed by atoms with E-state index in [1.807, 2.05) is 43.1 Å². The lowest BCUT2D eigenvalue weighted by Crippen LogP contribution is -2.43. The maximum Gasteiger partial charge on any atom is 0.268 e. The molecule has 0 aliphatic carbocycles. The van der Waals surface area contributed by atoms with Crippen LogP contribution in [0.1, 0.15) is 34.8 Å². The molecule has 3 rings (SSSR count). The Morgan fingerprint density at radius 3 is 2.83 bits per heavy atom. The van der Waals surface area contributed by atoms with Crippen molar-refractivity contribution in [3.8, 4) is 6.07 Å². The average molecular weight is 413 g/mol. The molecule has 1 aliphatic rings. The van der Waals surface area contributed by atoms with Gasteiger partial charge < -0.3 is 14.8 Å². The van der Waals surface area contributed by atoms with Crippen LogP contribution < -0.4 is 5.32 Å². The summed E-state index contributed by atoms with van der Waals surface area (Å²) in [6, 6.07) is 3.97. The van der Waals surface area contributed by atoms with Gasteiger partial charge in [0.25, 0.3) is 11.8 Å². The number of nitriles is 1. The summed E-state index contributed by atoms with van der Waals surface area (Å²) in [7, 11) is 1.90. The van der Waals surface area contributed by atoms with Gasteiger partial charge in [0.05, 0.1) is 19.2 Å². The standard InChI is InChI=1S/C21H21F2N5O2/c1-14(7-15-4-6-27(2)12-15)18-10-25-5-3-17(18)20(30)26-11-19(29)28-13-21(22,23)8-16(28)9-24/h3-7,10,12,16H,8,11,13H2,1-2H3,(H,26,30). The van der Waals surface area contributed by atoms with Gasteiger partial charge in [-0.2, -0.15) is 5.26 Å². The fourth-order valence-electron chi connectivity index (χ4n) is 3.39. The fraction of sp³-hybridized carbons (Fsp3) is 0.333. The summed E-state index contributed by atoms with van der Waals surface area (Å²) in [5, 5.41) is 11.5. The van der Waals surface area contributed by atoms with Gasteiger partial charge in [0.1, 0.15) is 6.04 Å². The molecular weight excluding hydrogens is 392 g/mol. The minimum absolute atomic E-state index is 0.311. The zero-order valence-corrected chi connectivity index (χ0v) is 16.6. The van der Waals surface area contributed by atoms with Crippen molar-refractivity contribution in [3.63, 3.8) is 0 Å². The summed E-state index contributed by atoms with van der Waals surface area (Å²) in [6.45, 7) is 0.547. The Morgan fingerprint density at radius 2 is 2.17 bits per heavy atom. The van der Waals surface area contributed by atoms with Crippen LogP contribution in [0.15, 0.2) is 36.9 Å². The lowest BCUT2D eigenvalue weighted by molar-refractivity contribution is -0.131. The number of amides is 2. The molecule has 2 aromatic rings. The van der Waals surface area contributed by atoms with Crippen molar-refractivity contribution in [2.75, 3.05) is 13.1 Å². The van der Waals surface area contributed by atoms with Gasteiger partial charge in [-0.3, -0.25) is 14.6 Å². The molecule has 2 amide bonds. The number of likely N-dealkylation sites (tertiary alicyclic amines) is 1. The number of nitrogens with one attached hydrogen (secondary N) is 1. The molecule has 1 fully saturated rings. The van der Waals surface area contributed by atoms with Crippen LogP contribution in [0.3, 0.4) is 0 Å². The quantitative estimate of drug-likeness (QED) is 0.815. The van der Waals surface area contributed by atoms with Gasteiger partial charge in [0, 0.05) is 49.4 Å². The topological polar surface area (TPSA) is 91.0 Å². The summed E-state index contributed by atoms with van der Waals surface area (Å²) < 4.78 is 29.0. The van der Waals surface area contributed by atoms with E-state index in [1.54, 1.807) is 12.3 Å². The number of rotatable bonds is 5. The van der Waals surface area contributed by atoms with Crippen LogP contribution >= 0.6 is 0 Å². The van der Waals surface area contributed by atoms with E-state index in [9.17, 15) is 18.4 Å². The number of aromatic nitrogens is 2. The lowest BCUT2D eigenvalue weighted by Gasteiger charge is -2.19. The first-order valence-electron chi connectivity index (χ1n) is 9.30. The van der Waals surface area contributed by atoms with E-state index in [4.69, 9.17) is 5.26 Å². The normalized spacial score (nSPS) is 18.2. The molecule has 1 saturated heterocycles. The van der Waals surface area contributed by atoms with Gasteiger partial charge in [-0.1, -0.05) is 0 Å². The number of pyridine rings is 1. The van der Waals surface area contributed by atoms with E-state index >= 15 is 0 Å². The van der Waals surface area contributed by atoms with E-state index in [1.165, 1.54) is 12.3 Å². The first-order valence-corrected chi connectivity index (χ1v) is 9.30. The zero-order chi connectivity index (χ0) is 21.9. The van der Waals surface area contributed by atoms with Crippen molar-refractivity contribution in [3.05, 3.63) is 53.6 Å². The van der Waals surface area contributed by atoms with E-state index in [-0.39, 0.29) is 0 Å². The molecule has 156 valence electrons. The second-order valence-corrected chi connectivity index (χ2v) is 7.27. The predicted octanol–water partition coefficient (Wildman–Crippen LogP) is 2.47. The van der Waals surface area contributed by atoms with Crippen molar-refractivity contribution in [2.24, 2.45) is 7.05 Å². The molecule has 7 nitrogen and oxygen atoms in total. The largest absolute Gasteiger partial charge is 0.357 e. The van der Waals surface area contributed by atoms with Crippen LogP contribution in [0.2, 0.25) is 0 Å². The molecule has 1 atom stereocenters. The number of aryl methyl sites for hydroxylation is 1. The number of halogens is 2. The van der Waals surface area contributed by atoms with Crippen molar-refractivity contribution in [2.45, 2.75) is 25.3 Å². The third kappa shape index (κ3) is 4.71. The monoisotopic (exact) mass is 413 g/mol. The molecule has 0 radical (unpaired) electrons. The Bertz CT molecular complexity index is 1040. The number of carbonyl (C=O) groups is 2. The van der Waals surface area contributed by atoms with Crippen LogP contribution in [0.5, 0.6) is 0 Å². The Hall–Kier alpha value is -3.54. The molecular formula is C21H21F2N5O2. The van der Waals surface area contributed by atoms with Crippen molar-refractivity contribution >= 4 is 23.5 Å². The molecule has 0 saturated carbocycles. The van der Waals surface area contributed by atoms with Crippen molar-refractivity contribution in [1.82, 2.24) is 19.8 Å². The number of alkyl halides is 2. The average Bonchev–Trinajstić information content (AvgIpc) is 3.27. The molecule has 1 unspecified atom stereocenters. The van der Waals surface area contributed by atoms with Crippen LogP contribution in [-0.4, -0.2) is 51.3 Å². The Labute approximate surface area is 172 Å². The maximum atomic E-state index is 13.5. The zero-order valence-electron chi connectivity index (χ0n) is 16.6. The van der Waals surface area contributed by atoms with E-state index in [0.717, 1.165) is 16.0 Å². The summed E-state index contributed by atoms with van der Waals surface area (Å²) in [6.07, 6.45) is 8.05. The van der Waals surface area contributed by atoms with Crippen molar-refractivity contribution in [1.29, 1.82) is 5.26 Å². The summed E-state index contributed by atoms with van der Waals surface area (Å²) in [4.78, 5) is 29.9. The Kier molecular flexibility index (Phi) is 5.96. The fourth-order valence-corrected chi connectivity index (χ4v) is 3.39. The summed E-state index contributed by atoms with van der Waals surface area (Å²) in [5.41, 5.74) is 2.66. The highest BCUT2D eigenvalue weighted by atomic mass is 19.3. The van der Waals surface area contributed by atoms with E-state index in [2.05, 4.69) is 10.3 Å². The first kappa shape index (κ1) is 21.2. The SMILES string of the molecule is CC(=Cc1ccn(C)c1)c1cnccc1C(=O)NCC(=O)N1CC(F)(F)CC1C#N. The maximum absolute atomic E-state index is 13.5. The summed E-state index contributed by atoms with van der Waals surface area (Å²) in [5.74, 6) is -4.35. The van der Waals surface area contributed by atoms with Crippen LogP contribution in [-0.2, 0) is 11.8 Å². The molecule has 1 aliphatic heterocycles. The van der Waals surface area contributed by atoms with E-state index in [0.29, 0.717) is 11.1 Å². The van der Waals surface area contributed by atoms with Gasteiger partial charge in [0.2, 0.25) is 5.91 Å². The first-order chi connectivity index (χ1) is 14.2. The van der Waals surface area contributed by atoms with Gasteiger partial charge in [0.15, 0.2) is 0 Å². The molecule has 9 heteroatoms. The predicted molar refractivity (Wildman–Crippen MR) is 106 cm³/mol. The number of hydrogen-bond acceptors (Lipinski definition) is 4. The second-order valence-electron chi connectivity index (χ2n) is 7.27. The number of hydrogen-bond donors (Lipinski definition) is 1. The number of carbonyl (C=O) groups excluding carboxylic acids is 2. The van der Waals surface area contributed by atoms with Gasteiger partial charge in [-0.15, -0.1) is 0 Å². The third-order valence-electron chi connectivity index (χ3n) is 4.87. The molecule has 2 aromatic heterocycles. The Morgan fingerprint density at radius 1 is 1.40 bits per heavy atom. The molecule has 1 N–H and O–H groups in total. The van der Waals surface area contributed by atoms with Gasteiger partial charge in [-0.05, 0) is 36.3 Å². The second kappa shape index (κ2) is 8.45. The van der Waals surface area contributed by atoms with E-state index < -0.39 is 43.3 Å². The minimum Gasteiger partial charge on any atom is -0.357 e. The lowest BCUT2D eigenvalue weighted by atomic mass is 10.0. The highest BCUT2D eigenvalue weighted by molar-refractivity contribution is 6.01. The molecule has 30 heavy (non-hydrogen) atoms. The molecule has 3 heterocycles. The van der Waals surface area contributed by atoms with Gasteiger partial charge in [-0.25, -0.2) is 8.78 Å². The smallest absolute Gasteiger partial charge is 0.268 e. The van der Waals surface area contributed by atoms with Crippen molar-refractivity contribution < 1.29 is 18.4 Å². The van der Waals surface area contributed by atoms with Crippen LogP contribution in [0, 0.1) is 11.3 Å². The third-order valence-corrected chi connectivity index (χ3v) is 4.87. The highest BCUT2D eigenvalue weighted by Crippen LogP contribution is 2.31. The Balaban J connectivity index is 1.71. The highest BCUT2D eigenvalue weighted by Gasteiger charge is 2.47. The van der Waals surface area contributed by atoms with Crippen LogP contribution in [0.25, 0.3) is 11.6 Å². The number of nitrogens with zero attached hydrogens (tertiary/aromatic N) is 4. The van der Waals surface area contributed by atoms with Gasteiger partial charge >= 0.3 is 0 Å². The summed E-state index contributed by atoms with van der Waals surface area (Å²) >= 11 is 0. The number of allylic oxidation sites excluding steroid dienone is 1. The molecule has 0 spiro atoms. The van der Waals surface area contributed by atoms with Crippen LogP contribution in [0.4, 0.5) is 8.78 Å². The molecule has 0 bridgehead atoms. The molecule has 0 aromatic carbocycles. The minimum atomic E-state index is -3.10.